The Morgan fingerprint density at radius 2 is 2.10 bits per heavy atom. The van der Waals surface area contributed by atoms with Crippen molar-refractivity contribution in [1.82, 2.24) is 14.5 Å². The molecule has 2 aromatic rings. The highest BCUT2D eigenvalue weighted by atomic mass is 32.1. The van der Waals surface area contributed by atoms with Crippen molar-refractivity contribution in [3.05, 3.63) is 28.5 Å². The van der Waals surface area contributed by atoms with Crippen molar-refractivity contribution < 1.29 is 0 Å². The number of hydrogen-bond donors (Lipinski definition) is 1. The molecule has 20 heavy (non-hydrogen) atoms. The van der Waals surface area contributed by atoms with Gasteiger partial charge < -0.3 is 14.5 Å². The van der Waals surface area contributed by atoms with Crippen molar-refractivity contribution in [1.29, 1.82) is 0 Å². The Morgan fingerprint density at radius 1 is 1.20 bits per heavy atom. The number of rotatable bonds is 1. The standard InChI is InChI=1S/C16H21N3S/c1-11-4-2-6-14-15(11)17-16(20)19(14)13-7-9-18-8-3-5-12(18)10-13/h2,4,6,12-13H,3,5,7-10H2,1H3,(H,17,20). The van der Waals surface area contributed by atoms with E-state index in [0.29, 0.717) is 6.04 Å². The fraction of sp³-hybridized carbons (Fsp3) is 0.562. The van der Waals surface area contributed by atoms with Crippen LogP contribution in [0.15, 0.2) is 18.2 Å². The maximum Gasteiger partial charge on any atom is 0.178 e. The predicted octanol–water partition coefficient (Wildman–Crippen LogP) is 3.81. The molecule has 2 saturated heterocycles. The summed E-state index contributed by atoms with van der Waals surface area (Å²) in [5, 5.41) is 0. The molecule has 106 valence electrons. The van der Waals surface area contributed by atoms with Crippen LogP contribution in [0.4, 0.5) is 0 Å². The first kappa shape index (κ1) is 12.6. The van der Waals surface area contributed by atoms with Crippen LogP contribution < -0.4 is 0 Å². The number of nitrogens with zero attached hydrogens (tertiary/aromatic N) is 2. The summed E-state index contributed by atoms with van der Waals surface area (Å²) in [6, 6.07) is 7.84. The van der Waals surface area contributed by atoms with Gasteiger partial charge in [-0.3, -0.25) is 0 Å². The minimum atomic E-state index is 0.567. The van der Waals surface area contributed by atoms with E-state index in [4.69, 9.17) is 12.2 Å². The van der Waals surface area contributed by atoms with Crippen LogP contribution in [0, 0.1) is 11.7 Å². The molecule has 0 spiro atoms. The Kier molecular flexibility index (Phi) is 2.97. The molecular weight excluding hydrogens is 266 g/mol. The number of para-hydroxylation sites is 1. The molecular formula is C16H21N3S. The average molecular weight is 287 g/mol. The summed E-state index contributed by atoms with van der Waals surface area (Å²) >= 11 is 5.61. The van der Waals surface area contributed by atoms with Crippen LogP contribution in [0.1, 0.15) is 37.3 Å². The number of benzene rings is 1. The molecule has 1 aromatic heterocycles. The highest BCUT2D eigenvalue weighted by Crippen LogP contribution is 2.35. The number of H-pyrrole nitrogens is 1. The third-order valence-electron chi connectivity index (χ3n) is 5.12. The smallest absolute Gasteiger partial charge is 0.178 e. The van der Waals surface area contributed by atoms with Gasteiger partial charge >= 0.3 is 0 Å². The third-order valence-corrected chi connectivity index (χ3v) is 5.42. The van der Waals surface area contributed by atoms with Crippen LogP contribution in [0.3, 0.4) is 0 Å². The number of hydrogen-bond acceptors (Lipinski definition) is 2. The van der Waals surface area contributed by atoms with E-state index in [9.17, 15) is 0 Å². The van der Waals surface area contributed by atoms with Gasteiger partial charge in [0.25, 0.3) is 0 Å². The second-order valence-corrected chi connectivity index (χ2v) is 6.67. The highest BCUT2D eigenvalue weighted by Gasteiger charge is 2.33. The Hall–Kier alpha value is -1.13. The minimum Gasteiger partial charge on any atom is -0.330 e. The van der Waals surface area contributed by atoms with Gasteiger partial charge in [-0.05, 0) is 63.0 Å². The fourth-order valence-corrected chi connectivity index (χ4v) is 4.44. The maximum absolute atomic E-state index is 5.61. The lowest BCUT2D eigenvalue weighted by Gasteiger charge is -2.35. The molecule has 0 bridgehead atoms. The van der Waals surface area contributed by atoms with Crippen molar-refractivity contribution in [2.24, 2.45) is 0 Å². The van der Waals surface area contributed by atoms with E-state index in [0.717, 1.165) is 10.8 Å². The summed E-state index contributed by atoms with van der Waals surface area (Å²) in [7, 11) is 0. The predicted molar refractivity (Wildman–Crippen MR) is 84.7 cm³/mol. The van der Waals surface area contributed by atoms with Gasteiger partial charge in [-0.25, -0.2) is 0 Å². The van der Waals surface area contributed by atoms with Gasteiger partial charge in [-0.15, -0.1) is 0 Å². The van der Waals surface area contributed by atoms with Crippen molar-refractivity contribution >= 4 is 23.3 Å². The minimum absolute atomic E-state index is 0.567. The summed E-state index contributed by atoms with van der Waals surface area (Å²) in [5.74, 6) is 0. The molecule has 2 fully saturated rings. The van der Waals surface area contributed by atoms with E-state index >= 15 is 0 Å². The summed E-state index contributed by atoms with van der Waals surface area (Å²) in [5.41, 5.74) is 3.78. The fourth-order valence-electron chi connectivity index (χ4n) is 4.09. The zero-order chi connectivity index (χ0) is 13.7. The van der Waals surface area contributed by atoms with Crippen LogP contribution in [-0.2, 0) is 0 Å². The van der Waals surface area contributed by atoms with Crippen molar-refractivity contribution in [2.45, 2.75) is 44.7 Å². The first-order valence-corrected chi connectivity index (χ1v) is 8.09. The number of piperidine rings is 1. The number of aromatic nitrogens is 2. The quantitative estimate of drug-likeness (QED) is 0.807. The Morgan fingerprint density at radius 3 is 3.00 bits per heavy atom. The van der Waals surface area contributed by atoms with Crippen LogP contribution in [0.25, 0.3) is 11.0 Å². The molecule has 0 radical (unpaired) electrons. The van der Waals surface area contributed by atoms with Gasteiger partial charge in [-0.1, -0.05) is 12.1 Å². The lowest BCUT2D eigenvalue weighted by molar-refractivity contribution is 0.156. The summed E-state index contributed by atoms with van der Waals surface area (Å²) in [4.78, 5) is 6.08. The zero-order valence-electron chi connectivity index (χ0n) is 11.9. The summed E-state index contributed by atoms with van der Waals surface area (Å²) in [6.45, 7) is 4.68. The van der Waals surface area contributed by atoms with Gasteiger partial charge in [0, 0.05) is 18.6 Å². The molecule has 1 N–H and O–H groups in total. The van der Waals surface area contributed by atoms with Crippen molar-refractivity contribution in [2.75, 3.05) is 13.1 Å². The van der Waals surface area contributed by atoms with Gasteiger partial charge in [-0.2, -0.15) is 0 Å². The SMILES string of the molecule is Cc1cccc2c1[nH]c(=S)n2C1CCN2CCCC2C1. The lowest BCUT2D eigenvalue weighted by atomic mass is 9.97. The first-order valence-electron chi connectivity index (χ1n) is 7.68. The van der Waals surface area contributed by atoms with Gasteiger partial charge in [0.05, 0.1) is 11.0 Å². The van der Waals surface area contributed by atoms with Crippen LogP contribution in [-0.4, -0.2) is 33.6 Å². The van der Waals surface area contributed by atoms with E-state index in [2.05, 4.69) is 39.6 Å². The molecule has 3 nitrogen and oxygen atoms in total. The normalized spacial score (nSPS) is 27.1. The number of aryl methyl sites for hydroxylation is 1. The highest BCUT2D eigenvalue weighted by molar-refractivity contribution is 7.71. The van der Waals surface area contributed by atoms with Crippen LogP contribution in [0.5, 0.6) is 0 Å². The molecule has 2 unspecified atom stereocenters. The Balaban J connectivity index is 1.77. The van der Waals surface area contributed by atoms with Crippen LogP contribution in [0.2, 0.25) is 0 Å². The molecule has 4 heteroatoms. The van der Waals surface area contributed by atoms with Crippen molar-refractivity contribution in [3.8, 4) is 0 Å². The van der Waals surface area contributed by atoms with E-state index < -0.39 is 0 Å². The molecule has 2 aliphatic rings. The molecule has 4 rings (SSSR count). The molecule has 2 aliphatic heterocycles. The molecule has 0 amide bonds. The van der Waals surface area contributed by atoms with E-state index in [1.165, 1.54) is 55.4 Å². The maximum atomic E-state index is 5.61. The monoisotopic (exact) mass is 287 g/mol. The molecule has 1 aromatic carbocycles. The molecule has 0 saturated carbocycles. The van der Waals surface area contributed by atoms with E-state index in [1.807, 2.05) is 0 Å². The summed E-state index contributed by atoms with van der Waals surface area (Å²) < 4.78 is 3.28. The summed E-state index contributed by atoms with van der Waals surface area (Å²) in [6.07, 6.45) is 5.22. The lowest BCUT2D eigenvalue weighted by Crippen LogP contribution is -2.38. The zero-order valence-corrected chi connectivity index (χ0v) is 12.7. The first-order chi connectivity index (χ1) is 9.74. The Labute approximate surface area is 124 Å². The topological polar surface area (TPSA) is 24.0 Å². The largest absolute Gasteiger partial charge is 0.330 e. The number of fused-ring (bicyclic) bond motifs is 2. The molecule has 2 atom stereocenters. The van der Waals surface area contributed by atoms with Crippen molar-refractivity contribution in [3.63, 3.8) is 0 Å². The van der Waals surface area contributed by atoms with E-state index in [-0.39, 0.29) is 0 Å². The average Bonchev–Trinajstić information content (AvgIpc) is 3.02. The van der Waals surface area contributed by atoms with Gasteiger partial charge in [0.15, 0.2) is 4.77 Å². The van der Waals surface area contributed by atoms with Crippen LogP contribution >= 0.6 is 12.2 Å². The molecule has 0 aliphatic carbocycles. The van der Waals surface area contributed by atoms with Gasteiger partial charge in [0.1, 0.15) is 0 Å². The Bertz CT molecular complexity index is 699. The number of aromatic amines is 1. The number of nitrogens with one attached hydrogen (secondary N) is 1. The second kappa shape index (κ2) is 4.71. The molecule has 3 heterocycles. The van der Waals surface area contributed by atoms with E-state index in [1.54, 1.807) is 0 Å². The number of imidazole rings is 1. The third kappa shape index (κ3) is 1.85. The van der Waals surface area contributed by atoms with Gasteiger partial charge in [0.2, 0.25) is 0 Å². The second-order valence-electron chi connectivity index (χ2n) is 6.28.